The number of carbonyl (C=O) groups is 2. The molecule has 10 heteroatoms. The predicted molar refractivity (Wildman–Crippen MR) is 88.8 cm³/mol. The topological polar surface area (TPSA) is 97.6 Å². The third kappa shape index (κ3) is 3.15. The maximum absolute atomic E-state index is 14.1. The first kappa shape index (κ1) is 18.3. The molecule has 2 heterocycles. The fraction of sp³-hybridized carbons (Fsp3) is 0.375. The number of rotatable bonds is 5. The number of benzene rings is 1. The first-order chi connectivity index (χ1) is 12.4. The van der Waals surface area contributed by atoms with Gasteiger partial charge in [0.15, 0.2) is 11.5 Å². The monoisotopic (exact) mass is 382 g/mol. The summed E-state index contributed by atoms with van der Waals surface area (Å²) >= 11 is 5.75. The lowest BCUT2D eigenvalue weighted by atomic mass is 9.88. The highest BCUT2D eigenvalue weighted by atomic mass is 35.5. The van der Waals surface area contributed by atoms with Gasteiger partial charge in [0.2, 0.25) is 0 Å². The maximum Gasteiger partial charge on any atom is 0.313 e. The molecule has 1 aromatic carbocycles. The highest BCUT2D eigenvalue weighted by Gasteiger charge is 2.46. The van der Waals surface area contributed by atoms with Gasteiger partial charge in [-0.05, 0) is 18.6 Å². The van der Waals surface area contributed by atoms with Gasteiger partial charge in [-0.2, -0.15) is 0 Å². The summed E-state index contributed by atoms with van der Waals surface area (Å²) in [6.45, 7) is 0.271. The largest absolute Gasteiger partial charge is 0.481 e. The van der Waals surface area contributed by atoms with Crippen molar-refractivity contribution >= 4 is 23.5 Å². The van der Waals surface area contributed by atoms with Gasteiger partial charge in [-0.25, -0.2) is 9.07 Å². The highest BCUT2D eigenvalue weighted by molar-refractivity contribution is 6.30. The van der Waals surface area contributed by atoms with Crippen molar-refractivity contribution in [1.29, 1.82) is 0 Å². The van der Waals surface area contributed by atoms with E-state index in [2.05, 4.69) is 10.3 Å². The van der Waals surface area contributed by atoms with Crippen molar-refractivity contribution in [2.45, 2.75) is 6.42 Å². The Morgan fingerprint density at radius 2 is 2.23 bits per heavy atom. The molecule has 2 aromatic rings. The lowest BCUT2D eigenvalue weighted by molar-refractivity contribution is -0.151. The lowest BCUT2D eigenvalue weighted by Gasteiger charge is -2.23. The van der Waals surface area contributed by atoms with Crippen molar-refractivity contribution in [3.63, 3.8) is 0 Å². The van der Waals surface area contributed by atoms with Gasteiger partial charge in [-0.1, -0.05) is 22.9 Å². The fourth-order valence-corrected chi connectivity index (χ4v) is 3.16. The van der Waals surface area contributed by atoms with E-state index >= 15 is 0 Å². The molecule has 1 amide bonds. The molecule has 0 saturated carbocycles. The number of hydrogen-bond acceptors (Lipinski definition) is 5. The van der Waals surface area contributed by atoms with E-state index in [0.717, 1.165) is 4.68 Å². The molecular formula is C16H16ClFN4O4. The van der Waals surface area contributed by atoms with Crippen LogP contribution < -0.4 is 0 Å². The Morgan fingerprint density at radius 3 is 2.92 bits per heavy atom. The minimum atomic E-state index is -1.14. The number of amides is 1. The zero-order valence-corrected chi connectivity index (χ0v) is 14.6. The van der Waals surface area contributed by atoms with Gasteiger partial charge in [0, 0.05) is 20.2 Å². The van der Waals surface area contributed by atoms with E-state index in [1.54, 1.807) is 6.07 Å². The first-order valence-corrected chi connectivity index (χ1v) is 8.14. The van der Waals surface area contributed by atoms with Crippen LogP contribution in [0, 0.1) is 11.2 Å². The number of carboxylic acids is 1. The van der Waals surface area contributed by atoms with Crippen LogP contribution in [0.5, 0.6) is 0 Å². The zero-order valence-electron chi connectivity index (χ0n) is 13.9. The van der Waals surface area contributed by atoms with E-state index in [9.17, 15) is 19.1 Å². The van der Waals surface area contributed by atoms with Crippen LogP contribution in [0.4, 0.5) is 4.39 Å². The maximum atomic E-state index is 14.1. The molecule has 1 N–H and O–H groups in total. The molecule has 1 saturated heterocycles. The lowest BCUT2D eigenvalue weighted by Crippen LogP contribution is -2.40. The predicted octanol–water partition coefficient (Wildman–Crippen LogP) is 1.62. The molecular weight excluding hydrogens is 367 g/mol. The number of aliphatic carboxylic acids is 1. The highest BCUT2D eigenvalue weighted by Crippen LogP contribution is 2.32. The molecule has 8 nitrogen and oxygen atoms in total. The molecule has 26 heavy (non-hydrogen) atoms. The summed E-state index contributed by atoms with van der Waals surface area (Å²) in [6, 6.07) is 4.40. The van der Waals surface area contributed by atoms with Crippen LogP contribution in [-0.2, 0) is 9.53 Å². The number of hydrogen-bond donors (Lipinski definition) is 1. The molecule has 1 aromatic heterocycles. The smallest absolute Gasteiger partial charge is 0.313 e. The van der Waals surface area contributed by atoms with E-state index in [1.165, 1.54) is 30.3 Å². The summed E-state index contributed by atoms with van der Waals surface area (Å²) in [5.74, 6) is -2.17. The number of aromatic nitrogens is 3. The summed E-state index contributed by atoms with van der Waals surface area (Å²) in [7, 11) is 1.42. The Labute approximate surface area is 153 Å². The van der Waals surface area contributed by atoms with Gasteiger partial charge >= 0.3 is 5.97 Å². The summed E-state index contributed by atoms with van der Waals surface area (Å²) in [4.78, 5) is 25.6. The normalized spacial score (nSPS) is 19.7. The number of halogens is 2. The number of ether oxygens (including phenoxy) is 1. The molecule has 0 aliphatic carbocycles. The van der Waals surface area contributed by atoms with Crippen LogP contribution in [0.1, 0.15) is 16.9 Å². The second kappa shape index (κ2) is 7.00. The molecule has 0 bridgehead atoms. The Kier molecular flexibility index (Phi) is 4.92. The molecule has 1 aliphatic heterocycles. The fourth-order valence-electron chi connectivity index (χ4n) is 2.99. The first-order valence-electron chi connectivity index (χ1n) is 7.76. The molecule has 3 rings (SSSR count). The van der Waals surface area contributed by atoms with Crippen molar-refractivity contribution in [2.75, 3.05) is 26.8 Å². The van der Waals surface area contributed by atoms with Crippen molar-refractivity contribution in [3.8, 4) is 5.69 Å². The molecule has 1 unspecified atom stereocenters. The molecule has 1 atom stereocenters. The summed E-state index contributed by atoms with van der Waals surface area (Å²) < 4.78 is 20.2. The van der Waals surface area contributed by atoms with Gasteiger partial charge in [0.1, 0.15) is 11.1 Å². The van der Waals surface area contributed by atoms with E-state index in [0.29, 0.717) is 0 Å². The standard InChI is InChI=1S/C16H16ClFN4O4/c1-26-9-16(15(24)25)5-6-21(8-16)14(23)11-7-22(20-19-11)12-4-2-3-10(17)13(12)18/h2-4,7H,5-6,8-9H2,1H3,(H,24,25). The van der Waals surface area contributed by atoms with Crippen LogP contribution in [0.15, 0.2) is 24.4 Å². The van der Waals surface area contributed by atoms with Crippen LogP contribution in [0.3, 0.4) is 0 Å². The average molecular weight is 383 g/mol. The van der Waals surface area contributed by atoms with Crippen LogP contribution in [0.2, 0.25) is 5.02 Å². The number of methoxy groups -OCH3 is 1. The number of nitrogens with zero attached hydrogens (tertiary/aromatic N) is 4. The number of likely N-dealkylation sites (tertiary alicyclic amines) is 1. The van der Waals surface area contributed by atoms with Gasteiger partial charge in [-0.3, -0.25) is 9.59 Å². The van der Waals surface area contributed by atoms with Gasteiger partial charge in [0.25, 0.3) is 5.91 Å². The molecule has 0 radical (unpaired) electrons. The second-order valence-corrected chi connectivity index (χ2v) is 6.52. The Hall–Kier alpha value is -2.52. The summed E-state index contributed by atoms with van der Waals surface area (Å²) in [6.07, 6.45) is 1.56. The van der Waals surface area contributed by atoms with Gasteiger partial charge in [0.05, 0.1) is 17.8 Å². The van der Waals surface area contributed by atoms with E-state index in [1.807, 2.05) is 0 Å². The van der Waals surface area contributed by atoms with Gasteiger partial charge < -0.3 is 14.7 Å². The van der Waals surface area contributed by atoms with E-state index in [-0.39, 0.29) is 42.5 Å². The van der Waals surface area contributed by atoms with Crippen LogP contribution in [-0.4, -0.2) is 63.7 Å². The van der Waals surface area contributed by atoms with Crippen molar-refractivity contribution in [3.05, 3.63) is 40.9 Å². The summed E-state index contributed by atoms with van der Waals surface area (Å²) in [5, 5.41) is 16.9. The zero-order chi connectivity index (χ0) is 18.9. The SMILES string of the molecule is COCC1(C(=O)O)CCN(C(=O)c2cn(-c3cccc(Cl)c3F)nn2)C1. The third-order valence-corrected chi connectivity index (χ3v) is 4.70. The number of carbonyl (C=O) groups excluding carboxylic acids is 1. The minimum absolute atomic E-state index is 0.00648. The molecule has 1 aliphatic rings. The Bertz CT molecular complexity index is 859. The molecule has 0 spiro atoms. The van der Waals surface area contributed by atoms with Gasteiger partial charge in [-0.15, -0.1) is 5.10 Å². The quantitative estimate of drug-likeness (QED) is 0.844. The minimum Gasteiger partial charge on any atom is -0.481 e. The van der Waals surface area contributed by atoms with E-state index in [4.69, 9.17) is 16.3 Å². The summed E-state index contributed by atoms with van der Waals surface area (Å²) in [5.41, 5.74) is -1.09. The second-order valence-electron chi connectivity index (χ2n) is 6.12. The third-order valence-electron chi connectivity index (χ3n) is 4.41. The van der Waals surface area contributed by atoms with Crippen molar-refractivity contribution < 1.29 is 23.8 Å². The Morgan fingerprint density at radius 1 is 1.46 bits per heavy atom. The Balaban J connectivity index is 1.81. The van der Waals surface area contributed by atoms with Crippen LogP contribution in [0.25, 0.3) is 5.69 Å². The average Bonchev–Trinajstić information content (AvgIpc) is 3.25. The molecule has 138 valence electrons. The molecule has 1 fully saturated rings. The van der Waals surface area contributed by atoms with Crippen molar-refractivity contribution in [1.82, 2.24) is 19.9 Å². The number of carboxylic acid groups (broad SMARTS) is 1. The van der Waals surface area contributed by atoms with Crippen LogP contribution >= 0.6 is 11.6 Å². The van der Waals surface area contributed by atoms with E-state index < -0.39 is 23.1 Å². The van der Waals surface area contributed by atoms with Crippen molar-refractivity contribution in [2.24, 2.45) is 5.41 Å².